The van der Waals surface area contributed by atoms with Crippen LogP contribution in [0.2, 0.25) is 0 Å². The minimum Gasteiger partial charge on any atom is -0.469 e. The molecule has 5 aromatic rings. The van der Waals surface area contributed by atoms with Gasteiger partial charge in [-0.3, -0.25) is 9.69 Å². The van der Waals surface area contributed by atoms with Gasteiger partial charge in [0.15, 0.2) is 18.7 Å². The molecule has 0 aromatic heterocycles. The number of methoxy groups -OCH3 is 1. The van der Waals surface area contributed by atoms with Crippen molar-refractivity contribution in [2.75, 3.05) is 26.9 Å². The molecule has 1 N–H and O–H groups in total. The molecule has 8 rings (SSSR count). The van der Waals surface area contributed by atoms with Crippen molar-refractivity contribution in [3.63, 3.8) is 0 Å². The number of ether oxygens (including phenoxy) is 10. The predicted octanol–water partition coefficient (Wildman–Crippen LogP) is 7.15. The Kier molecular flexibility index (Phi) is 17.5. The molecule has 14 heteroatoms. The Morgan fingerprint density at radius 1 is 0.567 bits per heavy atom. The fourth-order valence-electron chi connectivity index (χ4n) is 8.49. The van der Waals surface area contributed by atoms with Crippen LogP contribution in [0.4, 0.5) is 4.79 Å². The molecule has 10 atom stereocenters. The molecule has 0 saturated carbocycles. The lowest BCUT2D eigenvalue weighted by atomic mass is 9.96. The van der Waals surface area contributed by atoms with Crippen LogP contribution in [0.1, 0.15) is 40.7 Å². The molecule has 3 saturated heterocycles. The molecule has 0 unspecified atom stereocenters. The lowest BCUT2D eigenvalue weighted by Gasteiger charge is -2.47. The van der Waals surface area contributed by atoms with Crippen LogP contribution in [0.25, 0.3) is 0 Å². The van der Waals surface area contributed by atoms with Gasteiger partial charge in [-0.1, -0.05) is 152 Å². The van der Waals surface area contributed by atoms with Crippen LogP contribution < -0.4 is 0 Å². The minimum atomic E-state index is -1.22. The molecule has 1 amide bonds. The van der Waals surface area contributed by atoms with Crippen LogP contribution in [0.5, 0.6) is 0 Å². The molecule has 0 bridgehead atoms. The molecule has 0 aliphatic carbocycles. The molecule has 0 radical (unpaired) electrons. The maximum Gasteiger partial charge on any atom is 0.411 e. The standard InChI is InChI=1S/C53H59NO13/c1-58-44(55)28-17-29-60-52-50(63-34-41-26-15-6-16-27-41)49(62-33-40-24-13-5-14-25-40)47(61-32-39-22-11-4-12-23-39)43(66-52)36-64-51-45-48(67-53(57)54(45)30-37-18-7-2-8-19-37)46(56)42(65-51)35-59-31-38-20-9-3-10-21-38/h2-16,18-27,42-43,45-52,56H,17,28-36H2,1H3/t42-,43-,45-,46-,47-,48-,49+,50-,51+,52-/m1/s1. The smallest absolute Gasteiger partial charge is 0.411 e. The lowest BCUT2D eigenvalue weighted by Crippen LogP contribution is -2.64. The van der Waals surface area contributed by atoms with E-state index in [1.807, 2.05) is 152 Å². The minimum absolute atomic E-state index is 0.00453. The van der Waals surface area contributed by atoms with E-state index in [0.29, 0.717) is 6.42 Å². The Morgan fingerprint density at radius 3 is 1.61 bits per heavy atom. The van der Waals surface area contributed by atoms with Crippen molar-refractivity contribution in [2.45, 2.75) is 107 Å². The van der Waals surface area contributed by atoms with E-state index in [2.05, 4.69) is 0 Å². The second-order valence-electron chi connectivity index (χ2n) is 16.7. The molecule has 0 spiro atoms. The maximum atomic E-state index is 13.7. The monoisotopic (exact) mass is 917 g/mol. The van der Waals surface area contributed by atoms with Gasteiger partial charge in [0.1, 0.15) is 42.7 Å². The number of benzene rings is 5. The van der Waals surface area contributed by atoms with Gasteiger partial charge in [0.2, 0.25) is 0 Å². The third-order valence-corrected chi connectivity index (χ3v) is 12.0. The highest BCUT2D eigenvalue weighted by Gasteiger charge is 2.57. The van der Waals surface area contributed by atoms with Crippen LogP contribution in [0.15, 0.2) is 152 Å². The molecule has 354 valence electrons. The van der Waals surface area contributed by atoms with Crippen LogP contribution >= 0.6 is 0 Å². The summed E-state index contributed by atoms with van der Waals surface area (Å²) in [5, 5.41) is 11.7. The Bertz CT molecular complexity index is 2220. The summed E-state index contributed by atoms with van der Waals surface area (Å²) in [7, 11) is 1.35. The first-order chi connectivity index (χ1) is 32.9. The van der Waals surface area contributed by atoms with Gasteiger partial charge in [-0.25, -0.2) is 4.79 Å². The van der Waals surface area contributed by atoms with Gasteiger partial charge in [0.25, 0.3) is 0 Å². The van der Waals surface area contributed by atoms with Crippen molar-refractivity contribution in [3.8, 4) is 0 Å². The van der Waals surface area contributed by atoms with Crippen LogP contribution in [0.3, 0.4) is 0 Å². The predicted molar refractivity (Wildman–Crippen MR) is 244 cm³/mol. The van der Waals surface area contributed by atoms with Gasteiger partial charge >= 0.3 is 12.1 Å². The van der Waals surface area contributed by atoms with Gasteiger partial charge in [-0.2, -0.15) is 0 Å². The van der Waals surface area contributed by atoms with E-state index in [-0.39, 0.29) is 65.2 Å². The molecule has 5 aromatic carbocycles. The molecule has 3 heterocycles. The van der Waals surface area contributed by atoms with E-state index < -0.39 is 67.4 Å². The zero-order chi connectivity index (χ0) is 46.2. The van der Waals surface area contributed by atoms with E-state index in [4.69, 9.17) is 47.4 Å². The Morgan fingerprint density at radius 2 is 1.06 bits per heavy atom. The van der Waals surface area contributed by atoms with Gasteiger partial charge < -0.3 is 52.5 Å². The number of fused-ring (bicyclic) bond motifs is 1. The zero-order valence-electron chi connectivity index (χ0n) is 37.6. The first-order valence-corrected chi connectivity index (χ1v) is 22.8. The SMILES string of the molecule is COC(=O)CCCO[C@@H]1O[C@H](CO[C@H]2O[C@H](COCc3ccccc3)[C@@H](O)[C@@H]3OC(=O)N(Cc4ccccc4)[C@@H]23)[C@@H](OCc2ccccc2)[C@H](OCc2ccccc2)[C@H]1OCc1ccccc1. The normalized spacial score (nSPS) is 25.9. The Labute approximate surface area is 391 Å². The maximum absolute atomic E-state index is 13.7. The quantitative estimate of drug-likeness (QED) is 0.0523. The van der Waals surface area contributed by atoms with Gasteiger partial charge in [0.05, 0.1) is 53.4 Å². The fourth-order valence-corrected chi connectivity index (χ4v) is 8.49. The van der Waals surface area contributed by atoms with E-state index in [1.165, 1.54) is 12.0 Å². The lowest BCUT2D eigenvalue weighted by molar-refractivity contribution is -0.339. The van der Waals surface area contributed by atoms with E-state index in [0.717, 1.165) is 27.8 Å². The fraction of sp³-hybridized carbons (Fsp3) is 0.396. The van der Waals surface area contributed by atoms with Crippen LogP contribution in [0, 0.1) is 0 Å². The van der Waals surface area contributed by atoms with Gasteiger partial charge in [-0.15, -0.1) is 0 Å². The highest BCUT2D eigenvalue weighted by molar-refractivity contribution is 5.71. The summed E-state index contributed by atoms with van der Waals surface area (Å²) < 4.78 is 64.1. The van der Waals surface area contributed by atoms with Crippen molar-refractivity contribution in [1.82, 2.24) is 4.90 Å². The van der Waals surface area contributed by atoms with Crippen molar-refractivity contribution >= 4 is 12.1 Å². The van der Waals surface area contributed by atoms with Crippen molar-refractivity contribution in [2.24, 2.45) is 0 Å². The number of aliphatic hydroxyl groups excluding tert-OH is 1. The van der Waals surface area contributed by atoms with Crippen molar-refractivity contribution in [3.05, 3.63) is 179 Å². The summed E-state index contributed by atoms with van der Waals surface area (Å²) in [4.78, 5) is 27.4. The molecule has 3 aliphatic heterocycles. The summed E-state index contributed by atoms with van der Waals surface area (Å²) in [6, 6.07) is 47.7. The number of aliphatic hydroxyl groups is 1. The highest BCUT2D eigenvalue weighted by Crippen LogP contribution is 2.37. The molecule has 67 heavy (non-hydrogen) atoms. The summed E-state index contributed by atoms with van der Waals surface area (Å²) >= 11 is 0. The Balaban J connectivity index is 1.10. The topological polar surface area (TPSA) is 150 Å². The average molecular weight is 918 g/mol. The number of hydrogen-bond donors (Lipinski definition) is 1. The Hall–Kier alpha value is -5.52. The second kappa shape index (κ2) is 24.5. The zero-order valence-corrected chi connectivity index (χ0v) is 37.6. The molecular weight excluding hydrogens is 859 g/mol. The van der Waals surface area contributed by atoms with Crippen LogP contribution in [-0.2, 0) is 85.1 Å². The van der Waals surface area contributed by atoms with Gasteiger partial charge in [-0.05, 0) is 34.2 Å². The van der Waals surface area contributed by atoms with E-state index in [1.54, 1.807) is 0 Å². The number of rotatable bonds is 23. The highest BCUT2D eigenvalue weighted by atomic mass is 16.7. The first kappa shape index (κ1) is 48.0. The third-order valence-electron chi connectivity index (χ3n) is 12.0. The number of carbonyl (C=O) groups is 2. The number of esters is 1. The van der Waals surface area contributed by atoms with Crippen molar-refractivity contribution in [1.29, 1.82) is 0 Å². The summed E-state index contributed by atoms with van der Waals surface area (Å²) in [5.41, 5.74) is 4.61. The second-order valence-corrected chi connectivity index (χ2v) is 16.7. The number of nitrogens with zero attached hydrogens (tertiary/aromatic N) is 1. The first-order valence-electron chi connectivity index (χ1n) is 22.8. The largest absolute Gasteiger partial charge is 0.469 e. The molecule has 3 fully saturated rings. The molecular formula is C53H59NO13. The van der Waals surface area contributed by atoms with E-state index >= 15 is 0 Å². The van der Waals surface area contributed by atoms with Gasteiger partial charge in [0, 0.05) is 13.0 Å². The average Bonchev–Trinajstić information content (AvgIpc) is 3.70. The summed E-state index contributed by atoms with van der Waals surface area (Å²) in [5.74, 6) is -0.356. The molecule has 14 nitrogen and oxygen atoms in total. The number of carbonyl (C=O) groups excluding carboxylic acids is 2. The summed E-state index contributed by atoms with van der Waals surface area (Å²) in [6.45, 7) is 1.12. The molecule has 3 aliphatic rings. The number of amides is 1. The van der Waals surface area contributed by atoms with E-state index in [9.17, 15) is 14.7 Å². The van der Waals surface area contributed by atoms with Crippen molar-refractivity contribution < 1.29 is 62.1 Å². The third kappa shape index (κ3) is 13.1. The summed E-state index contributed by atoms with van der Waals surface area (Å²) in [6.07, 6.45) is -8.64. The number of hydrogen-bond acceptors (Lipinski definition) is 13. The van der Waals surface area contributed by atoms with Crippen LogP contribution in [-0.4, -0.2) is 110 Å².